The van der Waals surface area contributed by atoms with Crippen molar-refractivity contribution in [1.82, 2.24) is 26.6 Å². The van der Waals surface area contributed by atoms with Crippen LogP contribution in [0.25, 0.3) is 0 Å². The van der Waals surface area contributed by atoms with Crippen molar-refractivity contribution in [3.63, 3.8) is 0 Å². The van der Waals surface area contributed by atoms with Gasteiger partial charge in [0.05, 0.1) is 12.6 Å². The number of hydrogen-bond donors (Lipinski definition) is 7. The molecule has 0 bridgehead atoms. The summed E-state index contributed by atoms with van der Waals surface area (Å²) in [6.45, 7) is 6.60. The van der Waals surface area contributed by atoms with Crippen molar-refractivity contribution in [2.45, 2.75) is 74.8 Å². The lowest BCUT2D eigenvalue weighted by Gasteiger charge is -2.44. The number of rotatable bonds is 11. The summed E-state index contributed by atoms with van der Waals surface area (Å²) in [6, 6.07) is -1.82. The van der Waals surface area contributed by atoms with Gasteiger partial charge in [0.25, 0.3) is 5.91 Å². The van der Waals surface area contributed by atoms with Gasteiger partial charge in [-0.25, -0.2) is 14.4 Å². The SMILES string of the molecule is C=CCNC(=O)OC1CC(O)(C(=O)NCC(N)=O)CC(NC(=O)NC2CCCCC2)C1OC(=O)NCC=C. The third-order valence-electron chi connectivity index (χ3n) is 6.25. The monoisotopic (exact) mass is 538 g/mol. The number of alkyl carbamates (subject to hydrolysis) is 2. The van der Waals surface area contributed by atoms with Crippen molar-refractivity contribution >= 4 is 30.0 Å². The summed E-state index contributed by atoms with van der Waals surface area (Å²) in [5.74, 6) is -1.80. The lowest BCUT2D eigenvalue weighted by Crippen LogP contribution is -2.66. The number of carbonyl (C=O) groups excluding carboxylic acids is 5. The van der Waals surface area contributed by atoms with Crippen LogP contribution in [0.3, 0.4) is 0 Å². The van der Waals surface area contributed by atoms with Crippen LogP contribution in [0.15, 0.2) is 25.3 Å². The van der Waals surface area contributed by atoms with Crippen LogP contribution in [0.1, 0.15) is 44.9 Å². The average molecular weight is 539 g/mol. The van der Waals surface area contributed by atoms with E-state index in [4.69, 9.17) is 15.2 Å². The van der Waals surface area contributed by atoms with E-state index in [0.717, 1.165) is 32.1 Å². The zero-order valence-corrected chi connectivity index (χ0v) is 21.3. The van der Waals surface area contributed by atoms with Crippen molar-refractivity contribution < 1.29 is 38.6 Å². The Hall–Kier alpha value is -3.81. The van der Waals surface area contributed by atoms with Crippen molar-refractivity contribution in [2.24, 2.45) is 5.73 Å². The molecule has 2 fully saturated rings. The van der Waals surface area contributed by atoms with Gasteiger partial charge in [0.2, 0.25) is 5.91 Å². The molecule has 2 saturated carbocycles. The molecule has 2 aliphatic carbocycles. The first-order chi connectivity index (χ1) is 18.1. The lowest BCUT2D eigenvalue weighted by atomic mass is 9.77. The number of primary amides is 1. The van der Waals surface area contributed by atoms with E-state index in [9.17, 15) is 29.1 Å². The number of ether oxygens (including phenoxy) is 2. The summed E-state index contributed by atoms with van der Waals surface area (Å²) in [5, 5.41) is 23.9. The molecular weight excluding hydrogens is 500 g/mol. The van der Waals surface area contributed by atoms with E-state index < -0.39 is 73.3 Å². The van der Waals surface area contributed by atoms with Crippen LogP contribution >= 0.6 is 0 Å². The maximum Gasteiger partial charge on any atom is 0.407 e. The minimum absolute atomic E-state index is 0.0583. The predicted octanol–water partition coefficient (Wildman–Crippen LogP) is -0.325. The maximum atomic E-state index is 12.9. The minimum atomic E-state index is -2.21. The lowest BCUT2D eigenvalue weighted by molar-refractivity contribution is -0.158. The van der Waals surface area contributed by atoms with Crippen LogP contribution in [-0.2, 0) is 19.1 Å². The quantitative estimate of drug-likeness (QED) is 0.173. The van der Waals surface area contributed by atoms with E-state index in [1.165, 1.54) is 12.2 Å². The van der Waals surface area contributed by atoms with E-state index in [0.29, 0.717) is 0 Å². The molecule has 0 radical (unpaired) electrons. The third kappa shape index (κ3) is 9.57. The first-order valence-electron chi connectivity index (χ1n) is 12.5. The Morgan fingerprint density at radius 1 is 0.895 bits per heavy atom. The van der Waals surface area contributed by atoms with E-state index in [1.54, 1.807) is 0 Å². The fourth-order valence-corrected chi connectivity index (χ4v) is 4.49. The Labute approximate surface area is 221 Å². The first-order valence-corrected chi connectivity index (χ1v) is 12.5. The van der Waals surface area contributed by atoms with Crippen molar-refractivity contribution in [1.29, 1.82) is 0 Å². The Bertz CT molecular complexity index is 893. The highest BCUT2D eigenvalue weighted by Crippen LogP contribution is 2.33. The standard InChI is InChI=1S/C24H38N6O8/c1-3-10-26-22(34)37-17-13-24(36,20(32)28-14-18(25)31)12-16(19(17)38-23(35)27-11-4-2)30-21(33)29-15-8-6-5-7-9-15/h3-4,15-17,19,36H,1-2,5-14H2,(H2,25,31)(H,26,34)(H,27,35)(H,28,32)(H2,29,30,33). The van der Waals surface area contributed by atoms with Crippen LogP contribution in [-0.4, -0.2) is 84.7 Å². The molecule has 0 saturated heterocycles. The van der Waals surface area contributed by atoms with Gasteiger partial charge >= 0.3 is 18.2 Å². The molecule has 0 spiro atoms. The number of urea groups is 1. The van der Waals surface area contributed by atoms with Crippen LogP contribution in [0.5, 0.6) is 0 Å². The van der Waals surface area contributed by atoms with Crippen LogP contribution in [0.2, 0.25) is 0 Å². The molecule has 14 heteroatoms. The molecule has 0 aromatic heterocycles. The summed E-state index contributed by atoms with van der Waals surface area (Å²) in [6.07, 6.45) is 2.08. The first kappa shape index (κ1) is 30.4. The highest BCUT2D eigenvalue weighted by molar-refractivity contribution is 5.89. The molecule has 0 aromatic carbocycles. The smallest absolute Gasteiger partial charge is 0.407 e. The molecule has 2 aliphatic rings. The average Bonchev–Trinajstić information content (AvgIpc) is 2.87. The van der Waals surface area contributed by atoms with Gasteiger partial charge in [-0.1, -0.05) is 31.4 Å². The molecular formula is C24H38N6O8. The zero-order chi connectivity index (χ0) is 28.1. The second-order valence-electron chi connectivity index (χ2n) is 9.30. The topological polar surface area (TPSA) is 210 Å². The Morgan fingerprint density at radius 2 is 1.50 bits per heavy atom. The summed E-state index contributed by atoms with van der Waals surface area (Å²) >= 11 is 0. The number of aliphatic hydroxyl groups is 1. The normalized spacial score (nSPS) is 25.1. The molecule has 4 atom stereocenters. The molecule has 212 valence electrons. The third-order valence-corrected chi connectivity index (χ3v) is 6.25. The van der Waals surface area contributed by atoms with E-state index in [2.05, 4.69) is 39.7 Å². The van der Waals surface area contributed by atoms with E-state index in [-0.39, 0.29) is 19.1 Å². The van der Waals surface area contributed by atoms with Crippen molar-refractivity contribution in [3.05, 3.63) is 25.3 Å². The zero-order valence-electron chi connectivity index (χ0n) is 21.3. The Morgan fingerprint density at radius 3 is 2.08 bits per heavy atom. The molecule has 2 rings (SSSR count). The van der Waals surface area contributed by atoms with E-state index >= 15 is 0 Å². The molecule has 38 heavy (non-hydrogen) atoms. The fourth-order valence-electron chi connectivity index (χ4n) is 4.49. The largest absolute Gasteiger partial charge is 0.442 e. The summed E-state index contributed by atoms with van der Waals surface area (Å²) in [7, 11) is 0. The van der Waals surface area contributed by atoms with Crippen LogP contribution in [0, 0.1) is 0 Å². The fraction of sp³-hybridized carbons (Fsp3) is 0.625. The molecule has 0 aromatic rings. The highest BCUT2D eigenvalue weighted by Gasteiger charge is 2.53. The van der Waals surface area contributed by atoms with Gasteiger partial charge in [0, 0.05) is 32.0 Å². The van der Waals surface area contributed by atoms with Crippen LogP contribution < -0.4 is 32.3 Å². The number of nitrogens with two attached hydrogens (primary N) is 1. The molecule has 4 unspecified atom stereocenters. The van der Waals surface area contributed by atoms with Gasteiger partial charge in [-0.3, -0.25) is 9.59 Å². The molecule has 14 nitrogen and oxygen atoms in total. The molecule has 6 amide bonds. The minimum Gasteiger partial charge on any atom is -0.442 e. The van der Waals surface area contributed by atoms with Gasteiger partial charge in [0.15, 0.2) is 6.10 Å². The van der Waals surface area contributed by atoms with Crippen LogP contribution in [0.4, 0.5) is 14.4 Å². The number of amides is 6. The van der Waals surface area contributed by atoms with Gasteiger partial charge in [-0.05, 0) is 12.8 Å². The predicted molar refractivity (Wildman–Crippen MR) is 136 cm³/mol. The van der Waals surface area contributed by atoms with Crippen molar-refractivity contribution in [2.75, 3.05) is 19.6 Å². The molecule has 0 heterocycles. The van der Waals surface area contributed by atoms with Gasteiger partial charge in [-0.15, -0.1) is 13.2 Å². The number of carbonyl (C=O) groups is 5. The Kier molecular flexibility index (Phi) is 11.9. The van der Waals surface area contributed by atoms with Gasteiger partial charge in [-0.2, -0.15) is 0 Å². The number of nitrogens with one attached hydrogen (secondary N) is 5. The summed E-state index contributed by atoms with van der Waals surface area (Å²) in [4.78, 5) is 61.7. The summed E-state index contributed by atoms with van der Waals surface area (Å²) in [5.41, 5.74) is 2.89. The van der Waals surface area contributed by atoms with Crippen molar-refractivity contribution in [3.8, 4) is 0 Å². The second kappa shape index (κ2) is 14.8. The molecule has 8 N–H and O–H groups in total. The Balaban J connectivity index is 2.32. The van der Waals surface area contributed by atoms with E-state index in [1.807, 2.05) is 0 Å². The van der Waals surface area contributed by atoms with Gasteiger partial charge in [0.1, 0.15) is 11.7 Å². The van der Waals surface area contributed by atoms with Gasteiger partial charge < -0.3 is 46.9 Å². The second-order valence-corrected chi connectivity index (χ2v) is 9.30. The number of hydrogen-bond acceptors (Lipinski definition) is 8. The maximum absolute atomic E-state index is 12.9. The highest BCUT2D eigenvalue weighted by atomic mass is 16.6. The summed E-state index contributed by atoms with van der Waals surface area (Å²) < 4.78 is 10.9. The molecule has 0 aliphatic heterocycles.